The summed E-state index contributed by atoms with van der Waals surface area (Å²) in [5.41, 5.74) is -0.170. The van der Waals surface area contributed by atoms with Crippen LogP contribution >= 0.6 is 27.5 Å². The number of halogens is 2. The van der Waals surface area contributed by atoms with Gasteiger partial charge in [0.1, 0.15) is 0 Å². The Morgan fingerprint density at radius 3 is 2.50 bits per heavy atom. The quantitative estimate of drug-likeness (QED) is 0.700. The number of alkyl halides is 2. The second-order valence-corrected chi connectivity index (χ2v) is 4.57. The monoisotopic (exact) mass is 254 g/mol. The highest BCUT2D eigenvalue weighted by Gasteiger charge is 2.28. The molecular formula is C9H16BrClO. The van der Waals surface area contributed by atoms with Crippen LogP contribution in [0.3, 0.4) is 0 Å². The van der Waals surface area contributed by atoms with Gasteiger partial charge in [0.05, 0.1) is 17.6 Å². The molecule has 1 atom stereocenters. The highest BCUT2D eigenvalue weighted by molar-refractivity contribution is 9.09. The SMILES string of the molecule is CC(CCl)(CBr)OC1CCCC1. The molecule has 1 nitrogen and oxygen atoms in total. The third-order valence-corrected chi connectivity index (χ3v) is 4.07. The van der Waals surface area contributed by atoms with Gasteiger partial charge in [0.15, 0.2) is 0 Å². The molecule has 0 aromatic carbocycles. The molecule has 0 N–H and O–H groups in total. The summed E-state index contributed by atoms with van der Waals surface area (Å²) in [6.07, 6.45) is 5.49. The van der Waals surface area contributed by atoms with Gasteiger partial charge in [-0.2, -0.15) is 0 Å². The average molecular weight is 256 g/mol. The van der Waals surface area contributed by atoms with E-state index in [1.165, 1.54) is 25.7 Å². The van der Waals surface area contributed by atoms with E-state index in [-0.39, 0.29) is 5.60 Å². The predicted molar refractivity (Wildman–Crippen MR) is 56.3 cm³/mol. The number of hydrogen-bond acceptors (Lipinski definition) is 1. The van der Waals surface area contributed by atoms with Crippen molar-refractivity contribution in [2.45, 2.75) is 44.3 Å². The van der Waals surface area contributed by atoms with Gasteiger partial charge < -0.3 is 4.74 Å². The predicted octanol–water partition coefficient (Wildman–Crippen LogP) is 3.34. The molecule has 1 aliphatic carbocycles. The fourth-order valence-corrected chi connectivity index (χ4v) is 2.22. The Hall–Kier alpha value is 0.730. The molecule has 3 heteroatoms. The lowest BCUT2D eigenvalue weighted by Crippen LogP contribution is -2.36. The Kier molecular flexibility index (Phi) is 4.35. The zero-order chi connectivity index (χ0) is 9.03. The second kappa shape index (κ2) is 4.83. The van der Waals surface area contributed by atoms with Crippen LogP contribution in [0, 0.1) is 0 Å². The largest absolute Gasteiger partial charge is 0.370 e. The van der Waals surface area contributed by atoms with Crippen LogP contribution in [0.2, 0.25) is 0 Å². The van der Waals surface area contributed by atoms with Crippen molar-refractivity contribution < 1.29 is 4.74 Å². The van der Waals surface area contributed by atoms with E-state index in [0.29, 0.717) is 12.0 Å². The highest BCUT2D eigenvalue weighted by Crippen LogP contribution is 2.27. The van der Waals surface area contributed by atoms with Gasteiger partial charge in [0, 0.05) is 5.33 Å². The summed E-state index contributed by atoms with van der Waals surface area (Å²) >= 11 is 9.26. The van der Waals surface area contributed by atoms with Crippen LogP contribution < -0.4 is 0 Å². The third kappa shape index (κ3) is 2.90. The first kappa shape index (κ1) is 10.8. The van der Waals surface area contributed by atoms with Crippen LogP contribution in [0.15, 0.2) is 0 Å². The molecule has 1 fully saturated rings. The Bertz CT molecular complexity index is 130. The topological polar surface area (TPSA) is 9.23 Å². The summed E-state index contributed by atoms with van der Waals surface area (Å²) < 4.78 is 5.92. The van der Waals surface area contributed by atoms with E-state index >= 15 is 0 Å². The molecule has 0 aromatic rings. The normalized spacial score (nSPS) is 24.2. The highest BCUT2D eigenvalue weighted by atomic mass is 79.9. The summed E-state index contributed by atoms with van der Waals surface area (Å²) in [4.78, 5) is 0. The van der Waals surface area contributed by atoms with E-state index in [2.05, 4.69) is 22.9 Å². The van der Waals surface area contributed by atoms with Crippen LogP contribution in [0.1, 0.15) is 32.6 Å². The van der Waals surface area contributed by atoms with Gasteiger partial charge in [-0.15, -0.1) is 11.6 Å². The minimum Gasteiger partial charge on any atom is -0.370 e. The van der Waals surface area contributed by atoms with Crippen molar-refractivity contribution in [3.8, 4) is 0 Å². The molecule has 0 bridgehead atoms. The van der Waals surface area contributed by atoms with E-state index in [1.807, 2.05) is 0 Å². The van der Waals surface area contributed by atoms with E-state index in [9.17, 15) is 0 Å². The summed E-state index contributed by atoms with van der Waals surface area (Å²) in [5, 5.41) is 0.819. The maximum absolute atomic E-state index is 5.92. The van der Waals surface area contributed by atoms with E-state index in [0.717, 1.165) is 5.33 Å². The summed E-state index contributed by atoms with van der Waals surface area (Å²) in [6, 6.07) is 0. The van der Waals surface area contributed by atoms with Gasteiger partial charge in [-0.25, -0.2) is 0 Å². The molecule has 0 aromatic heterocycles. The number of hydrogen-bond donors (Lipinski definition) is 0. The first-order valence-electron chi connectivity index (χ1n) is 4.50. The van der Waals surface area contributed by atoms with Gasteiger partial charge in [-0.05, 0) is 19.8 Å². The number of ether oxygens (including phenoxy) is 1. The zero-order valence-electron chi connectivity index (χ0n) is 7.48. The minimum atomic E-state index is -0.170. The van der Waals surface area contributed by atoms with Crippen molar-refractivity contribution in [1.29, 1.82) is 0 Å². The van der Waals surface area contributed by atoms with Gasteiger partial charge >= 0.3 is 0 Å². The second-order valence-electron chi connectivity index (χ2n) is 3.74. The molecule has 1 saturated carbocycles. The zero-order valence-corrected chi connectivity index (χ0v) is 9.83. The van der Waals surface area contributed by atoms with Crippen LogP contribution in [0.5, 0.6) is 0 Å². The van der Waals surface area contributed by atoms with Crippen molar-refractivity contribution in [2.75, 3.05) is 11.2 Å². The lowest BCUT2D eigenvalue weighted by Gasteiger charge is -2.29. The molecule has 0 aliphatic heterocycles. The van der Waals surface area contributed by atoms with Crippen LogP contribution in [-0.4, -0.2) is 22.9 Å². The minimum absolute atomic E-state index is 0.170. The molecule has 1 rings (SSSR count). The van der Waals surface area contributed by atoms with Crippen LogP contribution in [-0.2, 0) is 4.74 Å². The van der Waals surface area contributed by atoms with Gasteiger partial charge in [-0.3, -0.25) is 0 Å². The van der Waals surface area contributed by atoms with Crippen LogP contribution in [0.25, 0.3) is 0 Å². The summed E-state index contributed by atoms with van der Waals surface area (Å²) in [5.74, 6) is 0.564. The van der Waals surface area contributed by atoms with Crippen molar-refractivity contribution >= 4 is 27.5 Å². The molecule has 0 spiro atoms. The van der Waals surface area contributed by atoms with Crippen molar-refractivity contribution in [2.24, 2.45) is 0 Å². The lowest BCUT2D eigenvalue weighted by atomic mass is 10.1. The first-order valence-corrected chi connectivity index (χ1v) is 6.15. The fraction of sp³-hybridized carbons (Fsp3) is 1.00. The molecule has 1 aliphatic rings. The van der Waals surface area contributed by atoms with E-state index < -0.39 is 0 Å². The Morgan fingerprint density at radius 2 is 2.08 bits per heavy atom. The van der Waals surface area contributed by atoms with Gasteiger partial charge in [0.25, 0.3) is 0 Å². The average Bonchev–Trinajstić information content (AvgIpc) is 2.57. The van der Waals surface area contributed by atoms with Gasteiger partial charge in [0.2, 0.25) is 0 Å². The molecule has 0 radical (unpaired) electrons. The van der Waals surface area contributed by atoms with Crippen molar-refractivity contribution in [3.63, 3.8) is 0 Å². The summed E-state index contributed by atoms with van der Waals surface area (Å²) in [6.45, 7) is 2.06. The van der Waals surface area contributed by atoms with Gasteiger partial charge in [-0.1, -0.05) is 28.8 Å². The van der Waals surface area contributed by atoms with E-state index in [1.54, 1.807) is 0 Å². The Labute approximate surface area is 87.9 Å². The Balaban J connectivity index is 2.35. The van der Waals surface area contributed by atoms with Crippen LogP contribution in [0.4, 0.5) is 0 Å². The lowest BCUT2D eigenvalue weighted by molar-refractivity contribution is -0.0496. The molecule has 1 unspecified atom stereocenters. The molecule has 72 valence electrons. The molecule has 0 heterocycles. The molecular weight excluding hydrogens is 239 g/mol. The van der Waals surface area contributed by atoms with E-state index in [4.69, 9.17) is 16.3 Å². The maximum atomic E-state index is 5.92. The maximum Gasteiger partial charge on any atom is 0.0889 e. The van der Waals surface area contributed by atoms with Crippen molar-refractivity contribution in [3.05, 3.63) is 0 Å². The molecule has 12 heavy (non-hydrogen) atoms. The first-order chi connectivity index (χ1) is 5.70. The number of rotatable bonds is 4. The Morgan fingerprint density at radius 1 is 1.50 bits per heavy atom. The standard InChI is InChI=1S/C9H16BrClO/c1-9(6-10,7-11)12-8-4-2-3-5-8/h8H,2-7H2,1H3. The molecule has 0 saturated heterocycles. The fourth-order valence-electron chi connectivity index (χ4n) is 1.51. The third-order valence-electron chi connectivity index (χ3n) is 2.32. The smallest absolute Gasteiger partial charge is 0.0889 e. The van der Waals surface area contributed by atoms with Crippen molar-refractivity contribution in [1.82, 2.24) is 0 Å². The molecule has 0 amide bonds. The summed E-state index contributed by atoms with van der Waals surface area (Å²) in [7, 11) is 0.